The number of fused-ring (bicyclic) bond motifs is 1. The molecule has 3 atom stereocenters. The van der Waals surface area contributed by atoms with Crippen LogP contribution in [0.2, 0.25) is 0 Å². The van der Waals surface area contributed by atoms with Crippen LogP contribution in [0.1, 0.15) is 43.5 Å². The fourth-order valence-electron chi connectivity index (χ4n) is 4.23. The van der Waals surface area contributed by atoms with Gasteiger partial charge >= 0.3 is 11.9 Å². The maximum atomic E-state index is 13.2. The van der Waals surface area contributed by atoms with Gasteiger partial charge in [-0.3, -0.25) is 9.78 Å². The second-order valence-electron chi connectivity index (χ2n) is 7.26. The van der Waals surface area contributed by atoms with Crippen LogP contribution in [0, 0.1) is 5.92 Å². The van der Waals surface area contributed by atoms with Crippen molar-refractivity contribution in [1.29, 1.82) is 0 Å². The van der Waals surface area contributed by atoms with Gasteiger partial charge in [0.2, 0.25) is 0 Å². The van der Waals surface area contributed by atoms with Crippen molar-refractivity contribution in [3.8, 4) is 0 Å². The van der Waals surface area contributed by atoms with E-state index < -0.39 is 35.0 Å². The summed E-state index contributed by atoms with van der Waals surface area (Å²) in [6.07, 6.45) is 4.13. The van der Waals surface area contributed by atoms with Crippen molar-refractivity contribution < 1.29 is 28.6 Å². The Kier molecular flexibility index (Phi) is 5.40. The van der Waals surface area contributed by atoms with E-state index in [2.05, 4.69) is 10.4 Å². The molecule has 0 bridgehead atoms. The first-order valence-corrected chi connectivity index (χ1v) is 9.20. The summed E-state index contributed by atoms with van der Waals surface area (Å²) in [6.45, 7) is 3.49. The standard InChI is InChI=1S/C19H25N3O6/c1-12(2)28-16(24)18-9-5-8-14(18)19(27-4,17(25)26-3)22(21-18)15(23)13-7-6-10-20-11-13/h6-7,10-12,14,21H,5,8-9H2,1-4H3/t14-,18+,19+/m0/s1. The van der Waals surface area contributed by atoms with Crippen LogP contribution in [-0.4, -0.2) is 59.4 Å². The minimum atomic E-state index is -1.80. The van der Waals surface area contributed by atoms with E-state index in [1.54, 1.807) is 26.0 Å². The summed E-state index contributed by atoms with van der Waals surface area (Å²) in [6, 6.07) is 3.18. The molecule has 0 unspecified atom stereocenters. The van der Waals surface area contributed by atoms with E-state index in [4.69, 9.17) is 14.2 Å². The molecule has 9 nitrogen and oxygen atoms in total. The van der Waals surface area contributed by atoms with Gasteiger partial charge in [0.15, 0.2) is 0 Å². The number of carbonyl (C=O) groups excluding carboxylic acids is 3. The number of hydrogen-bond donors (Lipinski definition) is 1. The minimum Gasteiger partial charge on any atom is -0.465 e. The summed E-state index contributed by atoms with van der Waals surface area (Å²) in [4.78, 5) is 43.1. The molecule has 1 saturated heterocycles. The van der Waals surface area contributed by atoms with Gasteiger partial charge in [0, 0.05) is 19.5 Å². The molecule has 28 heavy (non-hydrogen) atoms. The Hall–Kier alpha value is -2.52. The highest BCUT2D eigenvalue weighted by Gasteiger charge is 2.73. The van der Waals surface area contributed by atoms with E-state index in [9.17, 15) is 14.4 Å². The Morgan fingerprint density at radius 1 is 1.29 bits per heavy atom. The molecule has 152 valence electrons. The Morgan fingerprint density at radius 2 is 2.04 bits per heavy atom. The summed E-state index contributed by atoms with van der Waals surface area (Å²) in [5.74, 6) is -2.49. The lowest BCUT2D eigenvalue weighted by Gasteiger charge is -2.36. The first-order valence-electron chi connectivity index (χ1n) is 9.20. The maximum Gasteiger partial charge on any atom is 0.361 e. The van der Waals surface area contributed by atoms with Crippen LogP contribution in [0.4, 0.5) is 0 Å². The van der Waals surface area contributed by atoms with Crippen molar-refractivity contribution in [2.24, 2.45) is 5.92 Å². The number of amides is 1. The van der Waals surface area contributed by atoms with E-state index >= 15 is 0 Å². The number of hydrogen-bond acceptors (Lipinski definition) is 8. The Bertz CT molecular complexity index is 770. The van der Waals surface area contributed by atoms with E-state index in [1.807, 2.05) is 0 Å². The molecule has 1 aliphatic carbocycles. The predicted octanol–water partition coefficient (Wildman–Crippen LogP) is 1.05. The molecule has 1 aliphatic heterocycles. The zero-order chi connectivity index (χ0) is 20.5. The molecule has 1 N–H and O–H groups in total. The second kappa shape index (κ2) is 7.48. The van der Waals surface area contributed by atoms with E-state index in [0.717, 1.165) is 5.01 Å². The molecule has 0 spiro atoms. The largest absolute Gasteiger partial charge is 0.465 e. The molecule has 9 heteroatoms. The minimum absolute atomic E-state index is 0.243. The summed E-state index contributed by atoms with van der Waals surface area (Å²) >= 11 is 0. The lowest BCUT2D eigenvalue weighted by Crippen LogP contribution is -2.60. The molecule has 1 aromatic rings. The molecule has 1 aromatic heterocycles. The number of rotatable bonds is 5. The van der Waals surface area contributed by atoms with E-state index in [0.29, 0.717) is 19.3 Å². The summed E-state index contributed by atoms with van der Waals surface area (Å²) in [5.41, 5.74) is 0.171. The number of nitrogens with one attached hydrogen (secondary N) is 1. The van der Waals surface area contributed by atoms with Gasteiger partial charge in [-0.25, -0.2) is 20.0 Å². The SMILES string of the molecule is COC(=O)[C@]1(OC)[C@H]2CCC[C@@]2(C(=O)OC(C)C)NN1C(=O)c1cccnc1. The topological polar surface area (TPSA) is 107 Å². The fraction of sp³-hybridized carbons (Fsp3) is 0.579. The highest BCUT2D eigenvalue weighted by Crippen LogP contribution is 2.51. The average molecular weight is 391 g/mol. The van der Waals surface area contributed by atoms with Gasteiger partial charge < -0.3 is 14.2 Å². The number of nitrogens with zero attached hydrogens (tertiary/aromatic N) is 2. The molecule has 0 radical (unpaired) electrons. The summed E-state index contributed by atoms with van der Waals surface area (Å²) < 4.78 is 16.1. The number of ether oxygens (including phenoxy) is 3. The van der Waals surface area contributed by atoms with Crippen LogP contribution in [-0.2, 0) is 23.8 Å². The summed E-state index contributed by atoms with van der Waals surface area (Å²) in [7, 11) is 2.54. The lowest BCUT2D eigenvalue weighted by atomic mass is 9.81. The van der Waals surface area contributed by atoms with Gasteiger partial charge in [0.05, 0.1) is 24.7 Å². The van der Waals surface area contributed by atoms with Crippen LogP contribution in [0.5, 0.6) is 0 Å². The molecular weight excluding hydrogens is 366 g/mol. The van der Waals surface area contributed by atoms with Gasteiger partial charge in [0.25, 0.3) is 11.6 Å². The number of pyridine rings is 1. The first-order chi connectivity index (χ1) is 13.3. The molecule has 0 aromatic carbocycles. The molecule has 1 amide bonds. The zero-order valence-electron chi connectivity index (χ0n) is 16.4. The Labute approximate surface area is 163 Å². The Morgan fingerprint density at radius 3 is 2.61 bits per heavy atom. The number of hydrazine groups is 1. The molecule has 1 saturated carbocycles. The van der Waals surface area contributed by atoms with Crippen molar-refractivity contribution in [2.45, 2.75) is 50.5 Å². The third-order valence-corrected chi connectivity index (χ3v) is 5.38. The maximum absolute atomic E-state index is 13.2. The second-order valence-corrected chi connectivity index (χ2v) is 7.26. The van der Waals surface area contributed by atoms with Crippen molar-refractivity contribution >= 4 is 17.8 Å². The van der Waals surface area contributed by atoms with E-state index in [1.165, 1.54) is 26.6 Å². The highest BCUT2D eigenvalue weighted by atomic mass is 16.6. The number of carbonyl (C=O) groups is 3. The van der Waals surface area contributed by atoms with Crippen LogP contribution < -0.4 is 5.43 Å². The van der Waals surface area contributed by atoms with Crippen molar-refractivity contribution in [2.75, 3.05) is 14.2 Å². The third-order valence-electron chi connectivity index (χ3n) is 5.38. The Balaban J connectivity index is 2.11. The van der Waals surface area contributed by atoms with Gasteiger partial charge in [-0.1, -0.05) is 6.42 Å². The van der Waals surface area contributed by atoms with Crippen LogP contribution >= 0.6 is 0 Å². The zero-order valence-corrected chi connectivity index (χ0v) is 16.4. The van der Waals surface area contributed by atoms with Gasteiger partial charge in [-0.15, -0.1) is 0 Å². The van der Waals surface area contributed by atoms with Crippen molar-refractivity contribution in [3.05, 3.63) is 30.1 Å². The van der Waals surface area contributed by atoms with Gasteiger partial charge in [0.1, 0.15) is 5.54 Å². The van der Waals surface area contributed by atoms with Crippen LogP contribution in [0.3, 0.4) is 0 Å². The van der Waals surface area contributed by atoms with Crippen molar-refractivity contribution in [3.63, 3.8) is 0 Å². The number of aromatic nitrogens is 1. The molecule has 2 heterocycles. The average Bonchev–Trinajstić information content (AvgIpc) is 3.23. The fourth-order valence-corrected chi connectivity index (χ4v) is 4.23. The highest BCUT2D eigenvalue weighted by molar-refractivity contribution is 5.99. The van der Waals surface area contributed by atoms with Crippen LogP contribution in [0.25, 0.3) is 0 Å². The molecular formula is C19H25N3O6. The normalized spacial score (nSPS) is 28.9. The quantitative estimate of drug-likeness (QED) is 0.742. The molecule has 2 aliphatic rings. The third kappa shape index (κ3) is 2.85. The molecule has 3 rings (SSSR count). The lowest BCUT2D eigenvalue weighted by molar-refractivity contribution is -0.193. The smallest absolute Gasteiger partial charge is 0.361 e. The number of esters is 2. The first kappa shape index (κ1) is 20.2. The van der Waals surface area contributed by atoms with Gasteiger partial charge in [-0.05, 0) is 38.8 Å². The summed E-state index contributed by atoms with van der Waals surface area (Å²) in [5, 5.41) is 1.07. The number of methoxy groups -OCH3 is 2. The molecule has 2 fully saturated rings. The van der Waals surface area contributed by atoms with Gasteiger partial charge in [-0.2, -0.15) is 0 Å². The predicted molar refractivity (Wildman–Crippen MR) is 96.6 cm³/mol. The van der Waals surface area contributed by atoms with E-state index in [-0.39, 0.29) is 11.7 Å². The van der Waals surface area contributed by atoms with Crippen LogP contribution in [0.15, 0.2) is 24.5 Å². The monoisotopic (exact) mass is 391 g/mol. The van der Waals surface area contributed by atoms with Crippen molar-refractivity contribution in [1.82, 2.24) is 15.4 Å².